The summed E-state index contributed by atoms with van der Waals surface area (Å²) < 4.78 is 31.0. The van der Waals surface area contributed by atoms with Crippen LogP contribution >= 0.6 is 0 Å². The van der Waals surface area contributed by atoms with Crippen LogP contribution in [0.5, 0.6) is 0 Å². The Labute approximate surface area is 102 Å². The number of anilines is 2. The van der Waals surface area contributed by atoms with Gasteiger partial charge in [0, 0.05) is 5.69 Å². The Balaban J connectivity index is 2.55. The van der Waals surface area contributed by atoms with Crippen molar-refractivity contribution in [1.82, 2.24) is 0 Å². The van der Waals surface area contributed by atoms with Gasteiger partial charge in [0.2, 0.25) is 10.0 Å². The lowest BCUT2D eigenvalue weighted by atomic mass is 10.3. The molecule has 1 aromatic carbocycles. The zero-order valence-corrected chi connectivity index (χ0v) is 10.8. The molecule has 0 fully saturated rings. The van der Waals surface area contributed by atoms with E-state index in [4.69, 9.17) is 10.5 Å². The molecule has 0 aliphatic heterocycles. The maximum atomic E-state index is 11.7. The zero-order chi connectivity index (χ0) is 12.9. The number of nitrogens with two attached hydrogens (primary N) is 1. The molecule has 96 valence electrons. The smallest absolute Gasteiger partial charge is 0.235 e. The molecular weight excluding hydrogens is 240 g/mol. The number of hydrogen-bond donors (Lipinski definition) is 2. The fourth-order valence-corrected chi connectivity index (χ4v) is 2.13. The minimum absolute atomic E-state index is 0.0255. The second-order valence-electron chi connectivity index (χ2n) is 3.97. The average Bonchev–Trinajstić information content (AvgIpc) is 2.15. The molecular formula is C11H18N2O3S. The number of sulfonamides is 1. The third-order valence-electron chi connectivity index (χ3n) is 1.96. The highest BCUT2D eigenvalue weighted by Gasteiger charge is 2.10. The lowest BCUT2D eigenvalue weighted by molar-refractivity contribution is 0.0913. The van der Waals surface area contributed by atoms with Gasteiger partial charge in [-0.2, -0.15) is 0 Å². The molecule has 0 saturated carbocycles. The van der Waals surface area contributed by atoms with Crippen molar-refractivity contribution in [1.29, 1.82) is 0 Å². The summed E-state index contributed by atoms with van der Waals surface area (Å²) >= 11 is 0. The van der Waals surface area contributed by atoms with Gasteiger partial charge in [-0.1, -0.05) is 6.07 Å². The van der Waals surface area contributed by atoms with Crippen molar-refractivity contribution in [2.45, 2.75) is 20.0 Å². The van der Waals surface area contributed by atoms with Crippen LogP contribution in [-0.4, -0.2) is 26.9 Å². The quantitative estimate of drug-likeness (QED) is 0.756. The van der Waals surface area contributed by atoms with Crippen molar-refractivity contribution < 1.29 is 13.2 Å². The van der Waals surface area contributed by atoms with Crippen LogP contribution in [0.25, 0.3) is 0 Å². The molecule has 0 aliphatic carbocycles. The summed E-state index contributed by atoms with van der Waals surface area (Å²) in [6.45, 7) is 3.89. The third kappa shape index (κ3) is 5.55. The monoisotopic (exact) mass is 258 g/mol. The molecule has 5 nitrogen and oxygen atoms in total. The highest BCUT2D eigenvalue weighted by molar-refractivity contribution is 7.92. The highest BCUT2D eigenvalue weighted by Crippen LogP contribution is 2.13. The Morgan fingerprint density at radius 2 is 2.12 bits per heavy atom. The molecule has 0 aliphatic rings. The van der Waals surface area contributed by atoms with Crippen molar-refractivity contribution in [3.63, 3.8) is 0 Å². The number of ether oxygens (including phenoxy) is 1. The van der Waals surface area contributed by atoms with Gasteiger partial charge in [-0.15, -0.1) is 0 Å². The van der Waals surface area contributed by atoms with E-state index in [1.807, 2.05) is 13.8 Å². The van der Waals surface area contributed by atoms with Crippen molar-refractivity contribution in [2.24, 2.45) is 0 Å². The zero-order valence-electron chi connectivity index (χ0n) is 10.0. The standard InChI is InChI=1S/C11H18N2O3S/c1-9(2)16-6-7-17(14,15)13-11-5-3-4-10(12)8-11/h3-5,8-9,13H,6-7,12H2,1-2H3. The Bertz CT molecular complexity index is 458. The molecule has 0 spiro atoms. The second kappa shape index (κ2) is 5.88. The lowest BCUT2D eigenvalue weighted by Crippen LogP contribution is -2.21. The van der Waals surface area contributed by atoms with Crippen LogP contribution in [-0.2, 0) is 14.8 Å². The molecule has 1 rings (SSSR count). The van der Waals surface area contributed by atoms with Crippen molar-refractivity contribution in [2.75, 3.05) is 22.8 Å². The van der Waals surface area contributed by atoms with Crippen molar-refractivity contribution in [3.8, 4) is 0 Å². The van der Waals surface area contributed by atoms with Gasteiger partial charge >= 0.3 is 0 Å². The number of hydrogen-bond acceptors (Lipinski definition) is 4. The van der Waals surface area contributed by atoms with Crippen molar-refractivity contribution >= 4 is 21.4 Å². The molecule has 0 unspecified atom stereocenters. The topological polar surface area (TPSA) is 81.4 Å². The summed E-state index contributed by atoms with van der Waals surface area (Å²) in [6, 6.07) is 6.61. The molecule has 0 atom stereocenters. The van der Waals surface area contributed by atoms with Crippen LogP contribution in [0.15, 0.2) is 24.3 Å². The van der Waals surface area contributed by atoms with Gasteiger partial charge in [0.1, 0.15) is 0 Å². The van der Waals surface area contributed by atoms with Crippen LogP contribution in [0.1, 0.15) is 13.8 Å². The Kier molecular flexibility index (Phi) is 4.77. The first-order valence-electron chi connectivity index (χ1n) is 5.37. The Morgan fingerprint density at radius 3 is 2.71 bits per heavy atom. The second-order valence-corrected chi connectivity index (χ2v) is 5.81. The van der Waals surface area contributed by atoms with E-state index in [9.17, 15) is 8.42 Å². The van der Waals surface area contributed by atoms with Gasteiger partial charge in [-0.3, -0.25) is 4.72 Å². The van der Waals surface area contributed by atoms with Gasteiger partial charge in [0.05, 0.1) is 24.2 Å². The predicted molar refractivity (Wildman–Crippen MR) is 69.4 cm³/mol. The minimum atomic E-state index is -3.38. The van der Waals surface area contributed by atoms with Gasteiger partial charge in [0.25, 0.3) is 0 Å². The highest BCUT2D eigenvalue weighted by atomic mass is 32.2. The van der Waals surface area contributed by atoms with E-state index < -0.39 is 10.0 Å². The van der Waals surface area contributed by atoms with E-state index in [0.29, 0.717) is 11.4 Å². The summed E-state index contributed by atoms with van der Waals surface area (Å²) in [6.07, 6.45) is 0.0255. The molecule has 0 radical (unpaired) electrons. The molecule has 0 saturated heterocycles. The number of nitrogen functional groups attached to an aromatic ring is 1. The Morgan fingerprint density at radius 1 is 1.41 bits per heavy atom. The van der Waals surface area contributed by atoms with Crippen LogP contribution in [0.2, 0.25) is 0 Å². The number of rotatable bonds is 6. The van der Waals surface area contributed by atoms with Gasteiger partial charge < -0.3 is 10.5 Å². The van der Waals surface area contributed by atoms with Gasteiger partial charge in [-0.25, -0.2) is 8.42 Å². The summed E-state index contributed by atoms with van der Waals surface area (Å²) in [7, 11) is -3.38. The fraction of sp³-hybridized carbons (Fsp3) is 0.455. The minimum Gasteiger partial charge on any atom is -0.399 e. The van der Waals surface area contributed by atoms with E-state index >= 15 is 0 Å². The number of nitrogens with one attached hydrogen (secondary N) is 1. The molecule has 3 N–H and O–H groups in total. The first-order valence-corrected chi connectivity index (χ1v) is 7.02. The molecule has 0 aromatic heterocycles. The van der Waals surface area contributed by atoms with E-state index in [-0.39, 0.29) is 18.5 Å². The van der Waals surface area contributed by atoms with Gasteiger partial charge in [-0.05, 0) is 32.0 Å². The fourth-order valence-electron chi connectivity index (χ4n) is 1.23. The summed E-state index contributed by atoms with van der Waals surface area (Å²) in [5, 5.41) is 0. The van der Waals surface area contributed by atoms with Crippen LogP contribution in [0.4, 0.5) is 11.4 Å². The molecule has 0 amide bonds. The summed E-state index contributed by atoms with van der Waals surface area (Å²) in [5.74, 6) is -0.0695. The normalized spacial score (nSPS) is 11.7. The molecule has 0 heterocycles. The molecule has 1 aromatic rings. The predicted octanol–water partition coefficient (Wildman–Crippen LogP) is 1.44. The maximum Gasteiger partial charge on any atom is 0.235 e. The molecule has 17 heavy (non-hydrogen) atoms. The lowest BCUT2D eigenvalue weighted by Gasteiger charge is -2.10. The maximum absolute atomic E-state index is 11.7. The van der Waals surface area contributed by atoms with E-state index in [1.54, 1.807) is 24.3 Å². The van der Waals surface area contributed by atoms with E-state index in [2.05, 4.69) is 4.72 Å². The first-order chi connectivity index (χ1) is 7.89. The number of benzene rings is 1. The molecule has 0 bridgehead atoms. The first kappa shape index (κ1) is 13.8. The largest absolute Gasteiger partial charge is 0.399 e. The van der Waals surface area contributed by atoms with E-state index in [0.717, 1.165) is 0 Å². The average molecular weight is 258 g/mol. The SMILES string of the molecule is CC(C)OCCS(=O)(=O)Nc1cccc(N)c1. The van der Waals surface area contributed by atoms with Crippen LogP contribution < -0.4 is 10.5 Å². The third-order valence-corrected chi connectivity index (χ3v) is 3.21. The van der Waals surface area contributed by atoms with Crippen LogP contribution in [0, 0.1) is 0 Å². The Hall–Kier alpha value is -1.27. The van der Waals surface area contributed by atoms with Gasteiger partial charge in [0.15, 0.2) is 0 Å². The molecule has 6 heteroatoms. The summed E-state index contributed by atoms with van der Waals surface area (Å²) in [4.78, 5) is 0. The van der Waals surface area contributed by atoms with E-state index in [1.165, 1.54) is 0 Å². The van der Waals surface area contributed by atoms with Crippen LogP contribution in [0.3, 0.4) is 0 Å². The van der Waals surface area contributed by atoms with Crippen molar-refractivity contribution in [3.05, 3.63) is 24.3 Å². The summed E-state index contributed by atoms with van der Waals surface area (Å²) in [5.41, 5.74) is 6.54.